The summed E-state index contributed by atoms with van der Waals surface area (Å²) < 4.78 is 5.64. The van der Waals surface area contributed by atoms with Crippen LogP contribution in [-0.2, 0) is 9.53 Å². The van der Waals surface area contributed by atoms with Gasteiger partial charge in [-0.2, -0.15) is 0 Å². The van der Waals surface area contributed by atoms with Crippen molar-refractivity contribution < 1.29 is 9.53 Å². The van der Waals surface area contributed by atoms with Gasteiger partial charge in [0.15, 0.2) is 0 Å². The zero-order valence-corrected chi connectivity index (χ0v) is 14.8. The Bertz CT molecular complexity index is 374. The molecular formula is C19H34N2O2. The summed E-state index contributed by atoms with van der Waals surface area (Å²) in [7, 11) is 0. The number of nitrogens with zero attached hydrogens (tertiary/aromatic N) is 2. The second-order valence-corrected chi connectivity index (χ2v) is 7.94. The highest BCUT2D eigenvalue weighted by Gasteiger charge is 2.26. The minimum atomic E-state index is 0.399. The van der Waals surface area contributed by atoms with Crippen LogP contribution in [0.4, 0.5) is 0 Å². The van der Waals surface area contributed by atoms with Gasteiger partial charge < -0.3 is 9.64 Å². The normalized spacial score (nSPS) is 30.7. The van der Waals surface area contributed by atoms with Gasteiger partial charge in [-0.05, 0) is 38.0 Å². The predicted molar refractivity (Wildman–Crippen MR) is 92.4 cm³/mol. The topological polar surface area (TPSA) is 32.8 Å². The average Bonchev–Trinajstić information content (AvgIpc) is 3.07. The molecule has 1 saturated carbocycles. The van der Waals surface area contributed by atoms with E-state index in [2.05, 4.69) is 16.7 Å². The molecule has 132 valence electrons. The van der Waals surface area contributed by atoms with Crippen molar-refractivity contribution in [2.24, 2.45) is 11.8 Å². The van der Waals surface area contributed by atoms with Gasteiger partial charge >= 0.3 is 0 Å². The number of amides is 1. The van der Waals surface area contributed by atoms with Gasteiger partial charge in [-0.25, -0.2) is 0 Å². The number of hydrogen-bond donors (Lipinski definition) is 0. The van der Waals surface area contributed by atoms with E-state index in [0.717, 1.165) is 57.5 Å². The minimum absolute atomic E-state index is 0.399. The fourth-order valence-corrected chi connectivity index (χ4v) is 4.59. The molecule has 2 saturated heterocycles. The number of carbonyl (C=O) groups excluding carboxylic acids is 1. The summed E-state index contributed by atoms with van der Waals surface area (Å²) in [6.45, 7) is 8.28. The van der Waals surface area contributed by atoms with E-state index in [1.165, 1.54) is 45.1 Å². The number of hydrogen-bond acceptors (Lipinski definition) is 3. The molecule has 1 aliphatic carbocycles. The quantitative estimate of drug-likeness (QED) is 0.780. The maximum Gasteiger partial charge on any atom is 0.222 e. The van der Waals surface area contributed by atoms with Crippen LogP contribution < -0.4 is 0 Å². The molecule has 2 heterocycles. The molecule has 23 heavy (non-hydrogen) atoms. The fourth-order valence-electron chi connectivity index (χ4n) is 4.59. The Morgan fingerprint density at radius 2 is 1.78 bits per heavy atom. The SMILES string of the molecule is C[C@@H]1C[C@@H](CN2CCN(C(=O)CCC3CCCC3)CC2)CCO1. The van der Waals surface area contributed by atoms with Crippen LogP contribution in [0.15, 0.2) is 0 Å². The Labute approximate surface area is 141 Å². The molecule has 0 bridgehead atoms. The van der Waals surface area contributed by atoms with E-state index in [-0.39, 0.29) is 0 Å². The zero-order chi connectivity index (χ0) is 16.1. The molecule has 0 unspecified atom stereocenters. The Hall–Kier alpha value is -0.610. The summed E-state index contributed by atoms with van der Waals surface area (Å²) in [4.78, 5) is 17.1. The summed E-state index contributed by atoms with van der Waals surface area (Å²) in [5.74, 6) is 2.01. The van der Waals surface area contributed by atoms with Crippen molar-refractivity contribution in [3.8, 4) is 0 Å². The second-order valence-electron chi connectivity index (χ2n) is 7.94. The molecule has 2 aliphatic heterocycles. The van der Waals surface area contributed by atoms with Crippen molar-refractivity contribution in [1.82, 2.24) is 9.80 Å². The average molecular weight is 322 g/mol. The first-order valence-electron chi connectivity index (χ1n) is 9.82. The van der Waals surface area contributed by atoms with Gasteiger partial charge in [0.1, 0.15) is 0 Å². The molecule has 0 aromatic rings. The molecule has 4 nitrogen and oxygen atoms in total. The summed E-state index contributed by atoms with van der Waals surface area (Å²) in [6.07, 6.45) is 10.2. The molecule has 0 aromatic heterocycles. The van der Waals surface area contributed by atoms with Gasteiger partial charge in [0.05, 0.1) is 6.10 Å². The zero-order valence-electron chi connectivity index (χ0n) is 14.8. The van der Waals surface area contributed by atoms with E-state index in [1.807, 2.05) is 0 Å². The lowest BCUT2D eigenvalue weighted by Gasteiger charge is -2.38. The third kappa shape index (κ3) is 5.18. The standard InChI is InChI=1S/C19H34N2O2/c1-16-14-18(8-13-23-16)15-20-9-11-21(12-10-20)19(22)7-6-17-4-2-3-5-17/h16-18H,2-15H2,1H3/t16-,18+/m1/s1. The molecule has 3 aliphatic rings. The third-order valence-electron chi connectivity index (χ3n) is 6.08. The molecule has 4 heteroatoms. The van der Waals surface area contributed by atoms with Gasteiger partial charge in [0.2, 0.25) is 5.91 Å². The monoisotopic (exact) mass is 322 g/mol. The van der Waals surface area contributed by atoms with Crippen LogP contribution in [0.2, 0.25) is 0 Å². The largest absolute Gasteiger partial charge is 0.378 e. The summed E-state index contributed by atoms with van der Waals surface area (Å²) in [5.41, 5.74) is 0. The molecule has 1 amide bonds. The van der Waals surface area contributed by atoms with Gasteiger partial charge in [-0.1, -0.05) is 25.7 Å². The lowest BCUT2D eigenvalue weighted by atomic mass is 9.95. The van der Waals surface area contributed by atoms with Crippen molar-refractivity contribution in [3.05, 3.63) is 0 Å². The van der Waals surface area contributed by atoms with Crippen LogP contribution in [0.5, 0.6) is 0 Å². The molecular weight excluding hydrogens is 288 g/mol. The van der Waals surface area contributed by atoms with Crippen LogP contribution in [0.25, 0.3) is 0 Å². The Morgan fingerprint density at radius 3 is 2.48 bits per heavy atom. The highest BCUT2D eigenvalue weighted by atomic mass is 16.5. The van der Waals surface area contributed by atoms with Crippen LogP contribution in [0, 0.1) is 11.8 Å². The van der Waals surface area contributed by atoms with Crippen molar-refractivity contribution in [2.75, 3.05) is 39.3 Å². The first-order chi connectivity index (χ1) is 11.2. The maximum atomic E-state index is 12.4. The van der Waals surface area contributed by atoms with Gasteiger partial charge in [0, 0.05) is 45.8 Å². The number of piperazine rings is 1. The first-order valence-corrected chi connectivity index (χ1v) is 9.82. The smallest absolute Gasteiger partial charge is 0.222 e. The number of rotatable bonds is 5. The molecule has 0 radical (unpaired) electrons. The van der Waals surface area contributed by atoms with Crippen molar-refractivity contribution in [1.29, 1.82) is 0 Å². The lowest BCUT2D eigenvalue weighted by molar-refractivity contribution is -0.133. The summed E-state index contributed by atoms with van der Waals surface area (Å²) >= 11 is 0. The maximum absolute atomic E-state index is 12.4. The number of carbonyl (C=O) groups is 1. The fraction of sp³-hybridized carbons (Fsp3) is 0.947. The summed E-state index contributed by atoms with van der Waals surface area (Å²) in [6, 6.07) is 0. The highest BCUT2D eigenvalue weighted by Crippen LogP contribution is 2.28. The predicted octanol–water partition coefficient (Wildman–Crippen LogP) is 2.92. The van der Waals surface area contributed by atoms with Crippen LogP contribution in [-0.4, -0.2) is 61.1 Å². The number of ether oxygens (including phenoxy) is 1. The minimum Gasteiger partial charge on any atom is -0.378 e. The van der Waals surface area contributed by atoms with E-state index in [0.29, 0.717) is 12.0 Å². The van der Waals surface area contributed by atoms with E-state index >= 15 is 0 Å². The Balaban J connectivity index is 1.33. The van der Waals surface area contributed by atoms with Crippen LogP contribution in [0.3, 0.4) is 0 Å². The van der Waals surface area contributed by atoms with Gasteiger partial charge in [-0.3, -0.25) is 9.69 Å². The van der Waals surface area contributed by atoms with Crippen molar-refractivity contribution in [2.45, 2.75) is 64.4 Å². The van der Waals surface area contributed by atoms with Gasteiger partial charge in [-0.15, -0.1) is 0 Å². The van der Waals surface area contributed by atoms with E-state index in [4.69, 9.17) is 4.74 Å². The molecule has 0 N–H and O–H groups in total. The van der Waals surface area contributed by atoms with E-state index in [1.54, 1.807) is 0 Å². The molecule has 2 atom stereocenters. The summed E-state index contributed by atoms with van der Waals surface area (Å²) in [5, 5.41) is 0. The van der Waals surface area contributed by atoms with E-state index in [9.17, 15) is 4.79 Å². The van der Waals surface area contributed by atoms with Crippen molar-refractivity contribution >= 4 is 5.91 Å². The Morgan fingerprint density at radius 1 is 1.04 bits per heavy atom. The van der Waals surface area contributed by atoms with E-state index < -0.39 is 0 Å². The molecule has 3 rings (SSSR count). The molecule has 0 spiro atoms. The Kier molecular flexibility index (Phi) is 6.35. The van der Waals surface area contributed by atoms with Crippen molar-refractivity contribution in [3.63, 3.8) is 0 Å². The third-order valence-corrected chi connectivity index (χ3v) is 6.08. The second kappa shape index (κ2) is 8.48. The molecule has 3 fully saturated rings. The molecule has 0 aromatic carbocycles. The highest BCUT2D eigenvalue weighted by molar-refractivity contribution is 5.76. The van der Waals surface area contributed by atoms with Crippen LogP contribution >= 0.6 is 0 Å². The van der Waals surface area contributed by atoms with Crippen LogP contribution in [0.1, 0.15) is 58.3 Å². The van der Waals surface area contributed by atoms with Gasteiger partial charge in [0.25, 0.3) is 0 Å². The lowest BCUT2D eigenvalue weighted by Crippen LogP contribution is -2.50. The first kappa shape index (κ1) is 17.2.